The lowest BCUT2D eigenvalue weighted by Crippen LogP contribution is -2.42. The van der Waals surface area contributed by atoms with Crippen molar-refractivity contribution in [2.45, 2.75) is 30.6 Å². The fraction of sp³-hybridized carbons (Fsp3) is 0.364. The zero-order valence-corrected chi connectivity index (χ0v) is 16.0. The number of carbonyl (C=O) groups excluding carboxylic acids is 1. The van der Waals surface area contributed by atoms with Crippen LogP contribution in [0.2, 0.25) is 0 Å². The van der Waals surface area contributed by atoms with Crippen LogP contribution in [0.15, 0.2) is 54.4 Å². The molecule has 1 aromatic heterocycles. The second-order valence-corrected chi connectivity index (χ2v) is 8.00. The molecule has 3 nitrogen and oxygen atoms in total. The standard InChI is InChI=1S/C22H23FN2OS/c23-19-6-2-1-5-18(19)21(22(26)16-7-8-16)25-11-9-20(27)17(14-25)12-15-4-3-10-24-13-15/h1-6,10,12-13,16,20-21,27H,7-9,11,14H2/b17-12+. The molecular weight excluding hydrogens is 359 g/mol. The summed E-state index contributed by atoms with van der Waals surface area (Å²) in [6, 6.07) is 10.1. The molecule has 2 fully saturated rings. The zero-order chi connectivity index (χ0) is 18.8. The van der Waals surface area contributed by atoms with Crippen molar-refractivity contribution in [3.05, 3.63) is 71.3 Å². The number of pyridine rings is 1. The molecule has 0 bridgehead atoms. The van der Waals surface area contributed by atoms with Crippen LogP contribution in [0, 0.1) is 11.7 Å². The number of carbonyl (C=O) groups is 1. The molecule has 1 aliphatic carbocycles. The number of rotatable bonds is 5. The Morgan fingerprint density at radius 2 is 2.04 bits per heavy atom. The van der Waals surface area contributed by atoms with Gasteiger partial charge in [-0.05, 0) is 42.5 Å². The molecule has 0 amide bonds. The summed E-state index contributed by atoms with van der Waals surface area (Å²) in [7, 11) is 0. The van der Waals surface area contributed by atoms with Crippen LogP contribution in [-0.4, -0.2) is 34.0 Å². The van der Waals surface area contributed by atoms with Crippen molar-refractivity contribution >= 4 is 24.5 Å². The molecule has 140 valence electrons. The Kier molecular flexibility index (Phi) is 5.41. The molecular formula is C22H23FN2OS. The van der Waals surface area contributed by atoms with Gasteiger partial charge in [-0.1, -0.05) is 30.3 Å². The number of hydrogen-bond acceptors (Lipinski definition) is 4. The van der Waals surface area contributed by atoms with E-state index in [-0.39, 0.29) is 22.8 Å². The van der Waals surface area contributed by atoms with E-state index in [1.807, 2.05) is 24.4 Å². The molecule has 2 unspecified atom stereocenters. The van der Waals surface area contributed by atoms with Gasteiger partial charge >= 0.3 is 0 Å². The lowest BCUT2D eigenvalue weighted by Gasteiger charge is -2.37. The second kappa shape index (κ2) is 7.95. The fourth-order valence-electron chi connectivity index (χ4n) is 3.75. The Morgan fingerprint density at radius 1 is 1.22 bits per heavy atom. The topological polar surface area (TPSA) is 33.2 Å². The van der Waals surface area contributed by atoms with Gasteiger partial charge in [0.1, 0.15) is 5.82 Å². The average Bonchev–Trinajstić information content (AvgIpc) is 3.52. The van der Waals surface area contributed by atoms with Crippen LogP contribution >= 0.6 is 12.6 Å². The lowest BCUT2D eigenvalue weighted by atomic mass is 9.93. The SMILES string of the molecule is O=C(C1CC1)C(c1ccccc1F)N1CCC(S)/C(=C/c2cccnc2)C1. The van der Waals surface area contributed by atoms with E-state index in [1.165, 1.54) is 6.07 Å². The molecule has 0 spiro atoms. The Morgan fingerprint density at radius 3 is 2.74 bits per heavy atom. The minimum absolute atomic E-state index is 0.0779. The summed E-state index contributed by atoms with van der Waals surface area (Å²) in [5.41, 5.74) is 2.65. The minimum Gasteiger partial charge on any atom is -0.297 e. The van der Waals surface area contributed by atoms with Gasteiger partial charge in [-0.25, -0.2) is 4.39 Å². The number of nitrogens with zero attached hydrogens (tertiary/aromatic N) is 2. The van der Waals surface area contributed by atoms with Gasteiger partial charge in [-0.3, -0.25) is 14.7 Å². The predicted octanol–water partition coefficient (Wildman–Crippen LogP) is 4.33. The first-order chi connectivity index (χ1) is 13.1. The van der Waals surface area contributed by atoms with Gasteiger partial charge in [0.15, 0.2) is 5.78 Å². The maximum atomic E-state index is 14.5. The first-order valence-electron chi connectivity index (χ1n) is 9.44. The number of thiol groups is 1. The highest BCUT2D eigenvalue weighted by Crippen LogP contribution is 2.39. The van der Waals surface area contributed by atoms with Crippen molar-refractivity contribution in [3.8, 4) is 0 Å². The van der Waals surface area contributed by atoms with Crippen LogP contribution in [0.4, 0.5) is 4.39 Å². The number of halogens is 1. The third kappa shape index (κ3) is 4.14. The summed E-state index contributed by atoms with van der Waals surface area (Å²) in [5.74, 6) is -0.0742. The van der Waals surface area contributed by atoms with Gasteiger partial charge < -0.3 is 0 Å². The normalized spacial score (nSPS) is 23.3. The average molecular weight is 383 g/mol. The quantitative estimate of drug-likeness (QED) is 0.782. The Balaban J connectivity index is 1.65. The number of Topliss-reactive ketones (excluding diaryl/α,β-unsaturated/α-hetero) is 1. The van der Waals surface area contributed by atoms with Crippen molar-refractivity contribution < 1.29 is 9.18 Å². The number of aromatic nitrogens is 1. The van der Waals surface area contributed by atoms with Crippen LogP contribution < -0.4 is 0 Å². The Bertz CT molecular complexity index is 850. The number of piperidine rings is 1. The molecule has 0 N–H and O–H groups in total. The highest BCUT2D eigenvalue weighted by atomic mass is 32.1. The van der Waals surface area contributed by atoms with E-state index >= 15 is 0 Å². The number of benzene rings is 1. The smallest absolute Gasteiger partial charge is 0.157 e. The van der Waals surface area contributed by atoms with Crippen molar-refractivity contribution in [1.29, 1.82) is 0 Å². The number of ketones is 1. The van der Waals surface area contributed by atoms with E-state index in [0.717, 1.165) is 36.9 Å². The predicted molar refractivity (Wildman–Crippen MR) is 108 cm³/mol. The molecule has 1 saturated carbocycles. The maximum absolute atomic E-state index is 14.5. The monoisotopic (exact) mass is 382 g/mol. The third-order valence-corrected chi connectivity index (χ3v) is 5.94. The van der Waals surface area contributed by atoms with Gasteiger partial charge in [-0.2, -0.15) is 12.6 Å². The third-order valence-electron chi connectivity index (χ3n) is 5.35. The van der Waals surface area contributed by atoms with Gasteiger partial charge in [-0.15, -0.1) is 0 Å². The Hall–Kier alpha value is -1.98. The first-order valence-corrected chi connectivity index (χ1v) is 9.96. The molecule has 1 aromatic carbocycles. The van der Waals surface area contributed by atoms with E-state index in [2.05, 4.69) is 16.0 Å². The maximum Gasteiger partial charge on any atom is 0.157 e. The second-order valence-electron chi connectivity index (χ2n) is 7.38. The van der Waals surface area contributed by atoms with Crippen molar-refractivity contribution in [2.24, 2.45) is 5.92 Å². The molecule has 2 aromatic rings. The summed E-state index contributed by atoms with van der Waals surface area (Å²) < 4.78 is 14.5. The zero-order valence-electron chi connectivity index (χ0n) is 15.1. The molecule has 5 heteroatoms. The van der Waals surface area contributed by atoms with E-state index in [9.17, 15) is 9.18 Å². The summed E-state index contributed by atoms with van der Waals surface area (Å²) in [5, 5.41) is 0.138. The fourth-order valence-corrected chi connectivity index (χ4v) is 4.02. The lowest BCUT2D eigenvalue weighted by molar-refractivity contribution is -0.126. The van der Waals surface area contributed by atoms with Gasteiger partial charge in [0.2, 0.25) is 0 Å². The van der Waals surface area contributed by atoms with Crippen LogP contribution in [0.5, 0.6) is 0 Å². The van der Waals surface area contributed by atoms with Crippen LogP contribution in [-0.2, 0) is 4.79 Å². The largest absolute Gasteiger partial charge is 0.297 e. The van der Waals surface area contributed by atoms with Gasteiger partial charge in [0.25, 0.3) is 0 Å². The number of likely N-dealkylation sites (tertiary alicyclic amines) is 1. The molecule has 4 rings (SSSR count). The highest BCUT2D eigenvalue weighted by molar-refractivity contribution is 7.81. The molecule has 0 radical (unpaired) electrons. The molecule has 27 heavy (non-hydrogen) atoms. The number of hydrogen-bond donors (Lipinski definition) is 1. The van der Waals surface area contributed by atoms with Gasteiger partial charge in [0.05, 0.1) is 6.04 Å². The molecule has 2 heterocycles. The van der Waals surface area contributed by atoms with Crippen LogP contribution in [0.3, 0.4) is 0 Å². The summed E-state index contributed by atoms with van der Waals surface area (Å²) in [6.45, 7) is 1.34. The van der Waals surface area contributed by atoms with E-state index < -0.39 is 6.04 Å². The van der Waals surface area contributed by atoms with Crippen LogP contribution in [0.25, 0.3) is 6.08 Å². The van der Waals surface area contributed by atoms with E-state index in [0.29, 0.717) is 12.1 Å². The Labute approximate surface area is 164 Å². The highest BCUT2D eigenvalue weighted by Gasteiger charge is 2.40. The summed E-state index contributed by atoms with van der Waals surface area (Å²) in [4.78, 5) is 19.3. The molecule has 2 aliphatic rings. The molecule has 1 aliphatic heterocycles. The van der Waals surface area contributed by atoms with E-state index in [4.69, 9.17) is 12.6 Å². The van der Waals surface area contributed by atoms with Crippen molar-refractivity contribution in [2.75, 3.05) is 13.1 Å². The first kappa shape index (κ1) is 18.4. The van der Waals surface area contributed by atoms with Crippen LogP contribution in [0.1, 0.15) is 36.4 Å². The minimum atomic E-state index is -0.517. The van der Waals surface area contributed by atoms with Gasteiger partial charge in [0, 0.05) is 42.2 Å². The summed E-state index contributed by atoms with van der Waals surface area (Å²) >= 11 is 4.73. The van der Waals surface area contributed by atoms with Crippen molar-refractivity contribution in [1.82, 2.24) is 9.88 Å². The molecule has 1 saturated heterocycles. The summed E-state index contributed by atoms with van der Waals surface area (Å²) in [6.07, 6.45) is 8.33. The van der Waals surface area contributed by atoms with E-state index in [1.54, 1.807) is 18.3 Å². The van der Waals surface area contributed by atoms with Crippen molar-refractivity contribution in [3.63, 3.8) is 0 Å². The molecule has 2 atom stereocenters.